The number of hydrogen-bond acceptors (Lipinski definition) is 4. The van der Waals surface area contributed by atoms with Gasteiger partial charge in [0.15, 0.2) is 0 Å². The summed E-state index contributed by atoms with van der Waals surface area (Å²) < 4.78 is 2.30. The number of rotatable bonds is 1. The number of fused-ring (bicyclic) bond motifs is 1. The zero-order valence-electron chi connectivity index (χ0n) is 9.76. The molecule has 0 aliphatic carbocycles. The Hall–Kier alpha value is -0.940. The average molecular weight is 221 g/mol. The monoisotopic (exact) mass is 221 g/mol. The van der Waals surface area contributed by atoms with Crippen LogP contribution in [0.25, 0.3) is 0 Å². The molecule has 0 bridgehead atoms. The maximum Gasteiger partial charge on any atom is 0.137 e. The van der Waals surface area contributed by atoms with Crippen molar-refractivity contribution in [1.82, 2.24) is 19.7 Å². The minimum absolute atomic E-state index is 0.274. The highest BCUT2D eigenvalue weighted by molar-refractivity contribution is 5.08. The molecule has 1 saturated heterocycles. The van der Waals surface area contributed by atoms with Crippen molar-refractivity contribution < 1.29 is 0 Å². The number of likely N-dealkylation sites (tertiary alicyclic amines) is 1. The van der Waals surface area contributed by atoms with Crippen molar-refractivity contribution in [2.24, 2.45) is 5.73 Å². The molecule has 88 valence electrons. The van der Waals surface area contributed by atoms with Crippen LogP contribution < -0.4 is 5.73 Å². The molecule has 0 amide bonds. The molecule has 5 heteroatoms. The molecule has 1 fully saturated rings. The molecule has 2 atom stereocenters. The largest absolute Gasteiger partial charge is 0.327 e. The van der Waals surface area contributed by atoms with Crippen molar-refractivity contribution in [1.29, 1.82) is 0 Å². The first-order valence-corrected chi connectivity index (χ1v) is 6.10. The lowest BCUT2D eigenvalue weighted by atomic mass is 10.0. The van der Waals surface area contributed by atoms with Gasteiger partial charge in [-0.1, -0.05) is 0 Å². The molecule has 2 N–H and O–H groups in total. The molecule has 0 aromatic carbocycles. The van der Waals surface area contributed by atoms with Crippen LogP contribution in [-0.4, -0.2) is 45.8 Å². The van der Waals surface area contributed by atoms with Gasteiger partial charge in [0, 0.05) is 31.5 Å². The van der Waals surface area contributed by atoms with Gasteiger partial charge in [0.1, 0.15) is 11.6 Å². The first-order chi connectivity index (χ1) is 7.74. The Balaban J connectivity index is 1.86. The average Bonchev–Trinajstić information content (AvgIpc) is 2.83. The zero-order chi connectivity index (χ0) is 11.1. The van der Waals surface area contributed by atoms with E-state index < -0.39 is 0 Å². The van der Waals surface area contributed by atoms with Crippen LogP contribution in [0.3, 0.4) is 0 Å². The standard InChI is InChI=1S/C11H19N5/c1-15-4-2-8(7-15)11-14-13-10-6-9(12)3-5-16(10)11/h8-9H,2-7,12H2,1H3. The van der Waals surface area contributed by atoms with Gasteiger partial charge in [-0.15, -0.1) is 10.2 Å². The predicted octanol–water partition coefficient (Wildman–Crippen LogP) is -0.0293. The molecule has 3 rings (SSSR count). The van der Waals surface area contributed by atoms with Crippen molar-refractivity contribution in [2.75, 3.05) is 20.1 Å². The van der Waals surface area contributed by atoms with E-state index in [2.05, 4.69) is 26.7 Å². The molecule has 0 saturated carbocycles. The third-order valence-electron chi connectivity index (χ3n) is 3.78. The van der Waals surface area contributed by atoms with Gasteiger partial charge >= 0.3 is 0 Å². The summed E-state index contributed by atoms with van der Waals surface area (Å²) >= 11 is 0. The van der Waals surface area contributed by atoms with E-state index in [1.165, 1.54) is 18.8 Å². The Bertz CT molecular complexity index is 386. The van der Waals surface area contributed by atoms with Gasteiger partial charge in [0.25, 0.3) is 0 Å². The zero-order valence-corrected chi connectivity index (χ0v) is 9.76. The SMILES string of the molecule is CN1CCC(c2nnc3n2CCC(N)C3)C1. The Morgan fingerprint density at radius 2 is 2.12 bits per heavy atom. The predicted molar refractivity (Wildman–Crippen MR) is 61.2 cm³/mol. The first kappa shape index (κ1) is 10.2. The van der Waals surface area contributed by atoms with Crippen LogP contribution in [-0.2, 0) is 13.0 Å². The minimum Gasteiger partial charge on any atom is -0.327 e. The number of nitrogens with zero attached hydrogens (tertiary/aromatic N) is 4. The van der Waals surface area contributed by atoms with Crippen molar-refractivity contribution in [3.8, 4) is 0 Å². The number of likely N-dealkylation sites (N-methyl/N-ethyl adjacent to an activating group) is 1. The van der Waals surface area contributed by atoms with Crippen LogP contribution in [0.4, 0.5) is 0 Å². The summed E-state index contributed by atoms with van der Waals surface area (Å²) in [6.45, 7) is 3.29. The van der Waals surface area contributed by atoms with Gasteiger partial charge in [-0.05, 0) is 26.4 Å². The van der Waals surface area contributed by atoms with E-state index >= 15 is 0 Å². The fourth-order valence-electron chi connectivity index (χ4n) is 2.82. The van der Waals surface area contributed by atoms with Crippen LogP contribution in [0.5, 0.6) is 0 Å². The number of nitrogens with two attached hydrogens (primary N) is 1. The highest BCUT2D eigenvalue weighted by Crippen LogP contribution is 2.27. The minimum atomic E-state index is 0.274. The van der Waals surface area contributed by atoms with Crippen LogP contribution in [0.1, 0.15) is 30.4 Å². The van der Waals surface area contributed by atoms with Crippen molar-refractivity contribution in [2.45, 2.75) is 37.8 Å². The highest BCUT2D eigenvalue weighted by Gasteiger charge is 2.29. The third-order valence-corrected chi connectivity index (χ3v) is 3.78. The maximum absolute atomic E-state index is 5.95. The Kier molecular flexibility index (Phi) is 2.44. The van der Waals surface area contributed by atoms with Crippen LogP contribution >= 0.6 is 0 Å². The van der Waals surface area contributed by atoms with Gasteiger partial charge in [-0.3, -0.25) is 0 Å². The van der Waals surface area contributed by atoms with E-state index in [1.807, 2.05) is 0 Å². The highest BCUT2D eigenvalue weighted by atomic mass is 15.3. The molecule has 2 unspecified atom stereocenters. The van der Waals surface area contributed by atoms with Crippen molar-refractivity contribution in [3.05, 3.63) is 11.6 Å². The summed E-state index contributed by atoms with van der Waals surface area (Å²) in [4.78, 5) is 2.36. The smallest absolute Gasteiger partial charge is 0.137 e. The summed E-state index contributed by atoms with van der Waals surface area (Å²) in [5, 5.41) is 8.67. The molecule has 1 aromatic heterocycles. The molecular weight excluding hydrogens is 202 g/mol. The van der Waals surface area contributed by atoms with E-state index in [4.69, 9.17) is 5.73 Å². The Labute approximate surface area is 95.6 Å². The van der Waals surface area contributed by atoms with E-state index in [0.717, 1.165) is 31.8 Å². The molecular formula is C11H19N5. The molecule has 1 aromatic rings. The molecule has 5 nitrogen and oxygen atoms in total. The molecule has 3 heterocycles. The Morgan fingerprint density at radius 1 is 1.25 bits per heavy atom. The van der Waals surface area contributed by atoms with E-state index in [-0.39, 0.29) is 6.04 Å². The fourth-order valence-corrected chi connectivity index (χ4v) is 2.82. The van der Waals surface area contributed by atoms with Crippen LogP contribution in [0, 0.1) is 0 Å². The number of aromatic nitrogens is 3. The topological polar surface area (TPSA) is 60.0 Å². The Morgan fingerprint density at radius 3 is 2.88 bits per heavy atom. The second-order valence-electron chi connectivity index (χ2n) is 5.13. The van der Waals surface area contributed by atoms with Crippen molar-refractivity contribution >= 4 is 0 Å². The van der Waals surface area contributed by atoms with Gasteiger partial charge in [-0.2, -0.15) is 0 Å². The van der Waals surface area contributed by atoms with E-state index in [9.17, 15) is 0 Å². The molecule has 2 aliphatic rings. The molecule has 0 radical (unpaired) electrons. The lowest BCUT2D eigenvalue weighted by Crippen LogP contribution is -2.31. The third kappa shape index (κ3) is 1.64. The summed E-state index contributed by atoms with van der Waals surface area (Å²) in [6, 6.07) is 0.274. The normalized spacial score (nSPS) is 30.6. The van der Waals surface area contributed by atoms with Crippen LogP contribution in [0.15, 0.2) is 0 Å². The van der Waals surface area contributed by atoms with Crippen LogP contribution in [0.2, 0.25) is 0 Å². The second kappa shape index (κ2) is 3.82. The molecule has 0 spiro atoms. The lowest BCUT2D eigenvalue weighted by molar-refractivity contribution is 0.402. The van der Waals surface area contributed by atoms with E-state index in [0.29, 0.717) is 5.92 Å². The van der Waals surface area contributed by atoms with Gasteiger partial charge < -0.3 is 15.2 Å². The second-order valence-corrected chi connectivity index (χ2v) is 5.13. The lowest BCUT2D eigenvalue weighted by Gasteiger charge is -2.21. The number of hydrogen-bond donors (Lipinski definition) is 1. The van der Waals surface area contributed by atoms with Gasteiger partial charge in [0.05, 0.1) is 0 Å². The van der Waals surface area contributed by atoms with Gasteiger partial charge in [0.2, 0.25) is 0 Å². The van der Waals surface area contributed by atoms with E-state index in [1.54, 1.807) is 0 Å². The summed E-state index contributed by atoms with van der Waals surface area (Å²) in [5.41, 5.74) is 5.95. The molecule has 16 heavy (non-hydrogen) atoms. The summed E-state index contributed by atoms with van der Waals surface area (Å²) in [7, 11) is 2.17. The first-order valence-electron chi connectivity index (χ1n) is 6.10. The van der Waals surface area contributed by atoms with Crippen molar-refractivity contribution in [3.63, 3.8) is 0 Å². The fraction of sp³-hybridized carbons (Fsp3) is 0.818. The summed E-state index contributed by atoms with van der Waals surface area (Å²) in [6.07, 6.45) is 3.15. The maximum atomic E-state index is 5.95. The molecule has 2 aliphatic heterocycles. The quantitative estimate of drug-likeness (QED) is 0.723. The van der Waals surface area contributed by atoms with Gasteiger partial charge in [-0.25, -0.2) is 0 Å². The summed E-state index contributed by atoms with van der Waals surface area (Å²) in [5.74, 6) is 2.84.